The van der Waals surface area contributed by atoms with Crippen LogP contribution in [0.2, 0.25) is 0 Å². The number of thioether (sulfide) groups is 1. The van der Waals surface area contributed by atoms with Gasteiger partial charge in [0.1, 0.15) is 16.9 Å². The Hall–Kier alpha value is -3.70. The molecule has 4 N–H and O–H groups in total. The van der Waals surface area contributed by atoms with Gasteiger partial charge in [-0.25, -0.2) is 14.4 Å². The summed E-state index contributed by atoms with van der Waals surface area (Å²) in [5.41, 5.74) is -3.92. The highest BCUT2D eigenvalue weighted by Crippen LogP contribution is 2.40. The molecule has 4 rings (SSSR count). The number of fused-ring (bicyclic) bond motifs is 1. The molecular weight excluding hydrogens is 526 g/mol. The van der Waals surface area contributed by atoms with E-state index < -0.39 is 23.6 Å². The van der Waals surface area contributed by atoms with Crippen molar-refractivity contribution in [3.8, 4) is 17.6 Å². The summed E-state index contributed by atoms with van der Waals surface area (Å²) in [4.78, 5) is 20.3. The zero-order valence-electron chi connectivity index (χ0n) is 20.4. The van der Waals surface area contributed by atoms with Crippen LogP contribution in [0.1, 0.15) is 22.5 Å². The second kappa shape index (κ2) is 11.8. The normalized spacial score (nSPS) is 17.4. The van der Waals surface area contributed by atoms with E-state index >= 15 is 0 Å². The number of nitrogens with one attached hydrogen (secondary N) is 4. The summed E-state index contributed by atoms with van der Waals surface area (Å²) in [5, 5.41) is 11.3. The number of piperidine rings is 1. The molecule has 0 spiro atoms. The van der Waals surface area contributed by atoms with Crippen molar-refractivity contribution in [2.45, 2.75) is 29.2 Å². The predicted octanol–water partition coefficient (Wildman–Crippen LogP) is 3.28. The van der Waals surface area contributed by atoms with Crippen LogP contribution in [-0.2, 0) is 0 Å². The van der Waals surface area contributed by atoms with Gasteiger partial charge >= 0.3 is 5.51 Å². The molecule has 1 fully saturated rings. The molecule has 14 heteroatoms. The smallest absolute Gasteiger partial charge is 0.447 e. The fourth-order valence-corrected chi connectivity index (χ4v) is 4.61. The average Bonchev–Trinajstić information content (AvgIpc) is 3.24. The van der Waals surface area contributed by atoms with Crippen molar-refractivity contribution in [1.29, 1.82) is 0 Å². The Kier molecular flexibility index (Phi) is 8.48. The lowest BCUT2D eigenvalue weighted by molar-refractivity contribution is -0.0329. The summed E-state index contributed by atoms with van der Waals surface area (Å²) in [6.45, 7) is 0.810. The number of aromatic nitrogens is 3. The SMILES string of the molecule is CNC(=O)c1ccc(OC)c(NCC#Cc2cc3c(N[C@@H]4CCNC[C@@H]4F)nccn3c2SC(F)(F)F)n1. The first kappa shape index (κ1) is 27.3. The second-order valence-corrected chi connectivity index (χ2v) is 9.24. The number of nitrogens with zero attached hydrogens (tertiary/aromatic N) is 3. The summed E-state index contributed by atoms with van der Waals surface area (Å²) >= 11 is -0.289. The number of alkyl halides is 4. The van der Waals surface area contributed by atoms with Crippen LogP contribution in [0.4, 0.5) is 29.2 Å². The number of ether oxygens (including phenoxy) is 1. The summed E-state index contributed by atoms with van der Waals surface area (Å²) in [6.07, 6.45) is 2.11. The number of rotatable bonds is 7. The van der Waals surface area contributed by atoms with Crippen LogP contribution in [0.15, 0.2) is 35.6 Å². The van der Waals surface area contributed by atoms with Gasteiger partial charge in [0, 0.05) is 37.7 Å². The Labute approximate surface area is 220 Å². The largest absolute Gasteiger partial charge is 0.493 e. The lowest BCUT2D eigenvalue weighted by atomic mass is 10.1. The first-order chi connectivity index (χ1) is 18.2. The molecule has 0 bridgehead atoms. The number of halogens is 4. The maximum atomic E-state index is 14.4. The van der Waals surface area contributed by atoms with Gasteiger partial charge in [-0.05, 0) is 31.2 Å². The molecule has 1 saturated heterocycles. The number of anilines is 2. The molecule has 0 aliphatic carbocycles. The van der Waals surface area contributed by atoms with Crippen molar-refractivity contribution >= 4 is 34.8 Å². The van der Waals surface area contributed by atoms with Gasteiger partial charge in [0.25, 0.3) is 5.91 Å². The summed E-state index contributed by atoms with van der Waals surface area (Å²) < 4.78 is 61.2. The predicted molar refractivity (Wildman–Crippen MR) is 136 cm³/mol. The molecule has 0 unspecified atom stereocenters. The molecule has 1 aliphatic rings. The van der Waals surface area contributed by atoms with Crippen LogP contribution in [0.25, 0.3) is 5.52 Å². The van der Waals surface area contributed by atoms with Gasteiger partial charge in [-0.1, -0.05) is 11.8 Å². The standard InChI is InChI=1S/C24H25F4N7O2S/c1-29-22(36)17-5-6-19(37-2)21(34-17)31-8-3-4-14-12-18-20(33-16-7-9-30-13-15(16)25)32-10-11-35(18)23(14)38-24(26,27)28/h5-6,10-12,15-16,30H,7-9,13H2,1-2H3,(H,29,36)(H,31,34)(H,32,33)/t15-,16+/m0/s1. The highest BCUT2D eigenvalue weighted by Gasteiger charge is 2.33. The minimum atomic E-state index is -4.56. The molecule has 202 valence electrons. The van der Waals surface area contributed by atoms with Crippen LogP contribution < -0.4 is 26.0 Å². The summed E-state index contributed by atoms with van der Waals surface area (Å²) in [7, 11) is 2.92. The van der Waals surface area contributed by atoms with Gasteiger partial charge in [0.2, 0.25) is 0 Å². The number of hydrogen-bond acceptors (Lipinski definition) is 8. The van der Waals surface area contributed by atoms with Crippen LogP contribution in [0.5, 0.6) is 5.75 Å². The van der Waals surface area contributed by atoms with Gasteiger partial charge in [-0.3, -0.25) is 4.79 Å². The molecule has 0 radical (unpaired) electrons. The van der Waals surface area contributed by atoms with Crippen LogP contribution in [-0.4, -0.2) is 71.8 Å². The van der Waals surface area contributed by atoms with Crippen molar-refractivity contribution in [3.05, 3.63) is 41.9 Å². The van der Waals surface area contributed by atoms with Gasteiger partial charge in [0.15, 0.2) is 17.4 Å². The average molecular weight is 552 g/mol. The van der Waals surface area contributed by atoms with Gasteiger partial charge in [0.05, 0.1) is 30.8 Å². The van der Waals surface area contributed by atoms with Crippen molar-refractivity contribution in [3.63, 3.8) is 0 Å². The lowest BCUT2D eigenvalue weighted by Crippen LogP contribution is -2.45. The van der Waals surface area contributed by atoms with E-state index in [-0.39, 0.29) is 52.8 Å². The first-order valence-corrected chi connectivity index (χ1v) is 12.4. The highest BCUT2D eigenvalue weighted by molar-refractivity contribution is 8.00. The van der Waals surface area contributed by atoms with Crippen LogP contribution >= 0.6 is 11.8 Å². The van der Waals surface area contributed by atoms with Gasteiger partial charge < -0.3 is 30.4 Å². The molecule has 1 amide bonds. The number of carbonyl (C=O) groups is 1. The molecule has 2 atom stereocenters. The number of hydrogen-bond donors (Lipinski definition) is 4. The quantitative estimate of drug-likeness (QED) is 0.202. The van der Waals surface area contributed by atoms with E-state index in [9.17, 15) is 22.4 Å². The van der Waals surface area contributed by atoms with E-state index in [4.69, 9.17) is 4.74 Å². The zero-order valence-corrected chi connectivity index (χ0v) is 21.3. The number of methoxy groups -OCH3 is 1. The van der Waals surface area contributed by atoms with E-state index in [0.717, 1.165) is 0 Å². The number of carbonyl (C=O) groups excluding carboxylic acids is 1. The Morgan fingerprint density at radius 3 is 2.87 bits per heavy atom. The second-order valence-electron chi connectivity index (χ2n) is 8.18. The number of amides is 1. The van der Waals surface area contributed by atoms with E-state index in [1.165, 1.54) is 43.1 Å². The molecule has 3 aromatic heterocycles. The van der Waals surface area contributed by atoms with E-state index in [0.29, 0.717) is 24.2 Å². The molecule has 1 aliphatic heterocycles. The maximum Gasteiger partial charge on any atom is 0.447 e. The third-order valence-electron chi connectivity index (χ3n) is 5.70. The molecule has 9 nitrogen and oxygen atoms in total. The van der Waals surface area contributed by atoms with E-state index in [1.807, 2.05) is 0 Å². The van der Waals surface area contributed by atoms with Crippen molar-refractivity contribution < 1.29 is 27.1 Å². The number of pyridine rings is 1. The minimum Gasteiger partial charge on any atom is -0.493 e. The molecule has 0 saturated carbocycles. The monoisotopic (exact) mass is 551 g/mol. The summed E-state index contributed by atoms with van der Waals surface area (Å²) in [5.74, 6) is 6.09. The fourth-order valence-electron chi connectivity index (χ4n) is 3.91. The van der Waals surface area contributed by atoms with Crippen LogP contribution in [0.3, 0.4) is 0 Å². The Balaban J connectivity index is 1.62. The third kappa shape index (κ3) is 6.40. The topological polar surface area (TPSA) is 105 Å². The lowest BCUT2D eigenvalue weighted by Gasteiger charge is -2.28. The Bertz CT molecular complexity index is 1370. The van der Waals surface area contributed by atoms with Crippen LogP contribution in [0, 0.1) is 11.8 Å². The molecule has 0 aromatic carbocycles. The van der Waals surface area contributed by atoms with E-state index in [1.54, 1.807) is 6.07 Å². The Morgan fingerprint density at radius 2 is 2.16 bits per heavy atom. The molecule has 3 aromatic rings. The van der Waals surface area contributed by atoms with Gasteiger partial charge in [-0.2, -0.15) is 13.2 Å². The minimum absolute atomic E-state index is 0.00480. The molecule has 38 heavy (non-hydrogen) atoms. The molecular formula is C24H25F4N7O2S. The third-order valence-corrected chi connectivity index (χ3v) is 6.54. The highest BCUT2D eigenvalue weighted by atomic mass is 32.2. The van der Waals surface area contributed by atoms with Gasteiger partial charge in [-0.15, -0.1) is 0 Å². The Morgan fingerprint density at radius 1 is 1.34 bits per heavy atom. The van der Waals surface area contributed by atoms with Crippen molar-refractivity contribution in [1.82, 2.24) is 25.0 Å². The zero-order chi connectivity index (χ0) is 27.3. The van der Waals surface area contributed by atoms with Crippen molar-refractivity contribution in [2.24, 2.45) is 0 Å². The molecule has 4 heterocycles. The summed E-state index contributed by atoms with van der Waals surface area (Å²) in [6, 6.07) is 4.04. The first-order valence-electron chi connectivity index (χ1n) is 11.6. The van der Waals surface area contributed by atoms with E-state index in [2.05, 4.69) is 43.1 Å². The fraction of sp³-hybridized carbons (Fsp3) is 0.375. The maximum absolute atomic E-state index is 14.4. The van der Waals surface area contributed by atoms with Crippen molar-refractivity contribution in [2.75, 3.05) is 44.4 Å².